The van der Waals surface area contributed by atoms with Crippen LogP contribution in [0.3, 0.4) is 0 Å². The van der Waals surface area contributed by atoms with Crippen LogP contribution in [0.5, 0.6) is 11.6 Å². The van der Waals surface area contributed by atoms with E-state index in [1.807, 2.05) is 0 Å². The lowest BCUT2D eigenvalue weighted by molar-refractivity contribution is -0.384. The summed E-state index contributed by atoms with van der Waals surface area (Å²) in [7, 11) is 0. The zero-order valence-electron chi connectivity index (χ0n) is 10.6. The summed E-state index contributed by atoms with van der Waals surface area (Å²) in [5, 5.41) is 13.4. The van der Waals surface area contributed by atoms with E-state index in [2.05, 4.69) is 10.3 Å². The average Bonchev–Trinajstić information content (AvgIpc) is 2.41. The molecule has 0 atom stereocenters. The first-order valence-corrected chi connectivity index (χ1v) is 5.71. The van der Waals surface area contributed by atoms with E-state index in [4.69, 9.17) is 4.74 Å². The smallest absolute Gasteiger partial charge is 0.296 e. The topological polar surface area (TPSA) is 94.4 Å². The number of nitro groups is 1. The van der Waals surface area contributed by atoms with Crippen LogP contribution >= 0.6 is 0 Å². The highest BCUT2D eigenvalue weighted by atomic mass is 16.6. The third kappa shape index (κ3) is 3.29. The Kier molecular flexibility index (Phi) is 3.90. The molecule has 2 aromatic rings. The highest BCUT2D eigenvalue weighted by Crippen LogP contribution is 2.30. The lowest BCUT2D eigenvalue weighted by Gasteiger charge is -2.07. The first-order valence-electron chi connectivity index (χ1n) is 5.71. The standard InChI is InChI=1S/C13H11N3O4/c1-9(17)15-11-6-5-10(8-12(11)16(18)19)20-13-4-2-3-7-14-13/h2-8H,1H3,(H,15,17). The van der Waals surface area contributed by atoms with Crippen molar-refractivity contribution < 1.29 is 14.5 Å². The number of nitrogens with one attached hydrogen (secondary N) is 1. The summed E-state index contributed by atoms with van der Waals surface area (Å²) in [6.45, 7) is 1.28. The number of ether oxygens (including phenoxy) is 1. The number of aromatic nitrogens is 1. The fraction of sp³-hybridized carbons (Fsp3) is 0.0769. The molecule has 1 aromatic heterocycles. The number of nitro benzene ring substituents is 1. The van der Waals surface area contributed by atoms with Crippen molar-refractivity contribution in [1.82, 2.24) is 4.98 Å². The van der Waals surface area contributed by atoms with Gasteiger partial charge in [0, 0.05) is 19.2 Å². The van der Waals surface area contributed by atoms with Gasteiger partial charge in [-0.1, -0.05) is 6.07 Å². The number of anilines is 1. The molecule has 7 nitrogen and oxygen atoms in total. The van der Waals surface area contributed by atoms with Crippen molar-refractivity contribution in [1.29, 1.82) is 0 Å². The van der Waals surface area contributed by atoms with E-state index >= 15 is 0 Å². The van der Waals surface area contributed by atoms with E-state index in [-0.39, 0.29) is 23.0 Å². The molecular weight excluding hydrogens is 262 g/mol. The Balaban J connectivity index is 2.30. The molecule has 1 aromatic carbocycles. The average molecular weight is 273 g/mol. The minimum Gasteiger partial charge on any atom is -0.439 e. The number of hydrogen-bond donors (Lipinski definition) is 1. The number of amides is 1. The summed E-state index contributed by atoms with van der Waals surface area (Å²) in [6.07, 6.45) is 1.55. The third-order valence-electron chi connectivity index (χ3n) is 2.34. The van der Waals surface area contributed by atoms with Crippen LogP contribution in [0.1, 0.15) is 6.92 Å². The molecule has 1 N–H and O–H groups in total. The summed E-state index contributed by atoms with van der Waals surface area (Å²) in [6, 6.07) is 9.27. The highest BCUT2D eigenvalue weighted by molar-refractivity contribution is 5.91. The third-order valence-corrected chi connectivity index (χ3v) is 2.34. The molecule has 0 saturated heterocycles. The van der Waals surface area contributed by atoms with Gasteiger partial charge in [-0.15, -0.1) is 0 Å². The van der Waals surface area contributed by atoms with Gasteiger partial charge in [-0.25, -0.2) is 4.98 Å². The molecule has 0 aliphatic carbocycles. The fourth-order valence-electron chi connectivity index (χ4n) is 1.55. The lowest BCUT2D eigenvalue weighted by Crippen LogP contribution is -2.08. The Morgan fingerprint density at radius 3 is 2.75 bits per heavy atom. The number of nitrogens with zero attached hydrogens (tertiary/aromatic N) is 2. The monoisotopic (exact) mass is 273 g/mol. The molecule has 2 rings (SSSR count). The molecule has 0 aliphatic heterocycles. The maximum Gasteiger partial charge on any atom is 0.296 e. The highest BCUT2D eigenvalue weighted by Gasteiger charge is 2.16. The van der Waals surface area contributed by atoms with Crippen LogP contribution in [-0.4, -0.2) is 15.8 Å². The van der Waals surface area contributed by atoms with Gasteiger partial charge in [-0.05, 0) is 18.2 Å². The molecule has 102 valence electrons. The second-order valence-electron chi connectivity index (χ2n) is 3.89. The van der Waals surface area contributed by atoms with Gasteiger partial charge in [-0.3, -0.25) is 14.9 Å². The number of benzene rings is 1. The van der Waals surface area contributed by atoms with Crippen LogP contribution in [0.2, 0.25) is 0 Å². The van der Waals surface area contributed by atoms with Gasteiger partial charge in [0.1, 0.15) is 11.4 Å². The number of carbonyl (C=O) groups is 1. The molecule has 1 heterocycles. The number of rotatable bonds is 4. The van der Waals surface area contributed by atoms with Gasteiger partial charge in [0.15, 0.2) is 0 Å². The van der Waals surface area contributed by atoms with E-state index in [9.17, 15) is 14.9 Å². The number of pyridine rings is 1. The van der Waals surface area contributed by atoms with Gasteiger partial charge in [-0.2, -0.15) is 0 Å². The van der Waals surface area contributed by atoms with Gasteiger partial charge < -0.3 is 10.1 Å². The number of carbonyl (C=O) groups excluding carboxylic acids is 1. The minimum atomic E-state index is -0.587. The molecule has 0 unspecified atom stereocenters. The summed E-state index contributed by atoms with van der Waals surface area (Å²) in [4.78, 5) is 25.4. The summed E-state index contributed by atoms with van der Waals surface area (Å²) in [5.41, 5.74) is -0.121. The Labute approximate surface area is 114 Å². The second kappa shape index (κ2) is 5.79. The molecule has 0 saturated carbocycles. The molecule has 1 amide bonds. The van der Waals surface area contributed by atoms with Crippen LogP contribution in [-0.2, 0) is 4.79 Å². The molecule has 0 radical (unpaired) electrons. The van der Waals surface area contributed by atoms with Crippen molar-refractivity contribution in [2.24, 2.45) is 0 Å². The van der Waals surface area contributed by atoms with E-state index < -0.39 is 4.92 Å². The van der Waals surface area contributed by atoms with Crippen molar-refractivity contribution in [2.45, 2.75) is 6.92 Å². The molecule has 0 fully saturated rings. The van der Waals surface area contributed by atoms with Crippen molar-refractivity contribution >= 4 is 17.3 Å². The molecule has 0 aliphatic rings. The Hall–Kier alpha value is -2.96. The van der Waals surface area contributed by atoms with E-state index in [0.717, 1.165) is 0 Å². The Bertz CT molecular complexity index is 643. The van der Waals surface area contributed by atoms with Crippen molar-refractivity contribution in [3.8, 4) is 11.6 Å². The number of hydrogen-bond acceptors (Lipinski definition) is 5. The molecule has 20 heavy (non-hydrogen) atoms. The minimum absolute atomic E-state index is 0.121. The van der Waals surface area contributed by atoms with Crippen molar-refractivity contribution in [3.05, 3.63) is 52.7 Å². The van der Waals surface area contributed by atoms with Gasteiger partial charge >= 0.3 is 0 Å². The molecule has 0 spiro atoms. The normalized spacial score (nSPS) is 9.85. The largest absolute Gasteiger partial charge is 0.439 e. The van der Waals surface area contributed by atoms with Crippen LogP contribution in [0.15, 0.2) is 42.6 Å². The second-order valence-corrected chi connectivity index (χ2v) is 3.89. The van der Waals surface area contributed by atoms with Crippen molar-refractivity contribution in [2.75, 3.05) is 5.32 Å². The quantitative estimate of drug-likeness (QED) is 0.682. The molecular formula is C13H11N3O4. The summed E-state index contributed by atoms with van der Waals surface area (Å²) in [5.74, 6) is 0.213. The molecule has 0 bridgehead atoms. The van der Waals surface area contributed by atoms with Crippen LogP contribution < -0.4 is 10.1 Å². The molecule has 7 heteroatoms. The maximum atomic E-state index is 11.0. The summed E-state index contributed by atoms with van der Waals surface area (Å²) < 4.78 is 5.40. The zero-order valence-corrected chi connectivity index (χ0v) is 10.6. The zero-order chi connectivity index (χ0) is 14.5. The SMILES string of the molecule is CC(=O)Nc1ccc(Oc2ccccn2)cc1[N+](=O)[O-]. The van der Waals surface area contributed by atoms with Crippen LogP contribution in [0.25, 0.3) is 0 Å². The fourth-order valence-corrected chi connectivity index (χ4v) is 1.55. The summed E-state index contributed by atoms with van der Waals surface area (Å²) >= 11 is 0. The van der Waals surface area contributed by atoms with E-state index in [1.54, 1.807) is 24.4 Å². The van der Waals surface area contributed by atoms with Gasteiger partial charge in [0.25, 0.3) is 5.69 Å². The van der Waals surface area contributed by atoms with Crippen LogP contribution in [0, 0.1) is 10.1 Å². The Morgan fingerprint density at radius 2 is 2.15 bits per heavy atom. The first kappa shape index (κ1) is 13.5. The predicted molar refractivity (Wildman–Crippen MR) is 71.7 cm³/mol. The predicted octanol–water partition coefficient (Wildman–Crippen LogP) is 2.74. The Morgan fingerprint density at radius 1 is 1.35 bits per heavy atom. The lowest BCUT2D eigenvalue weighted by atomic mass is 10.2. The van der Waals surface area contributed by atoms with E-state index in [1.165, 1.54) is 25.1 Å². The van der Waals surface area contributed by atoms with Crippen molar-refractivity contribution in [3.63, 3.8) is 0 Å². The maximum absolute atomic E-state index is 11.0. The first-order chi connectivity index (χ1) is 9.56. The van der Waals surface area contributed by atoms with Gasteiger partial charge in [0.05, 0.1) is 11.0 Å². The van der Waals surface area contributed by atoms with Gasteiger partial charge in [0.2, 0.25) is 11.8 Å². The van der Waals surface area contributed by atoms with Crippen LogP contribution in [0.4, 0.5) is 11.4 Å². The van der Waals surface area contributed by atoms with E-state index in [0.29, 0.717) is 5.88 Å².